The van der Waals surface area contributed by atoms with Crippen LogP contribution in [-0.2, 0) is 4.79 Å². The topological polar surface area (TPSA) is 72.2 Å². The van der Waals surface area contributed by atoms with E-state index in [1.54, 1.807) is 24.5 Å². The Morgan fingerprint density at radius 3 is 3.00 bits per heavy atom. The minimum Gasteiger partial charge on any atom is -0.455 e. The third kappa shape index (κ3) is 2.90. The van der Waals surface area contributed by atoms with Gasteiger partial charge in [-0.3, -0.25) is 19.9 Å². The lowest BCUT2D eigenvalue weighted by molar-refractivity contribution is -0.115. The lowest BCUT2D eigenvalue weighted by Gasteiger charge is -1.92. The van der Waals surface area contributed by atoms with E-state index in [4.69, 9.17) is 4.42 Å². The standard InChI is InChI=1S/C16H12N2O3S/c1-2-3-4-5-10-8-17-9-11-6-12(21-14(10)11)7-13-15(19)18-16(20)22-13/h6-9H,2-3H2,1H3,(H,18,19,20)/b13-7+. The smallest absolute Gasteiger partial charge is 0.290 e. The average molecular weight is 312 g/mol. The van der Waals surface area contributed by atoms with Gasteiger partial charge >= 0.3 is 0 Å². The van der Waals surface area contributed by atoms with E-state index in [9.17, 15) is 9.59 Å². The maximum atomic E-state index is 11.5. The fourth-order valence-electron chi connectivity index (χ4n) is 1.98. The molecule has 110 valence electrons. The first kappa shape index (κ1) is 14.4. The van der Waals surface area contributed by atoms with E-state index >= 15 is 0 Å². The zero-order chi connectivity index (χ0) is 15.5. The summed E-state index contributed by atoms with van der Waals surface area (Å²) in [7, 11) is 0. The molecule has 0 radical (unpaired) electrons. The Bertz CT molecular complexity index is 855. The van der Waals surface area contributed by atoms with Gasteiger partial charge in [-0.15, -0.1) is 0 Å². The number of furan rings is 1. The fraction of sp³-hybridized carbons (Fsp3) is 0.188. The van der Waals surface area contributed by atoms with Crippen LogP contribution in [0.25, 0.3) is 17.0 Å². The molecule has 1 aliphatic heterocycles. The number of rotatable bonds is 2. The van der Waals surface area contributed by atoms with Crippen molar-refractivity contribution in [2.75, 3.05) is 0 Å². The van der Waals surface area contributed by atoms with Crippen LogP contribution < -0.4 is 5.32 Å². The molecule has 2 amide bonds. The Hall–Kier alpha value is -2.52. The second-order valence-corrected chi connectivity index (χ2v) is 5.67. The number of hydrogen-bond acceptors (Lipinski definition) is 5. The van der Waals surface area contributed by atoms with Gasteiger partial charge in [0.15, 0.2) is 5.58 Å². The highest BCUT2D eigenvalue weighted by Gasteiger charge is 2.25. The van der Waals surface area contributed by atoms with Crippen molar-refractivity contribution in [3.63, 3.8) is 0 Å². The zero-order valence-corrected chi connectivity index (χ0v) is 12.6. The number of nitrogens with one attached hydrogen (secondary N) is 1. The lowest BCUT2D eigenvalue weighted by Crippen LogP contribution is -2.17. The molecule has 1 fully saturated rings. The molecule has 0 aromatic carbocycles. The fourth-order valence-corrected chi connectivity index (χ4v) is 2.64. The van der Waals surface area contributed by atoms with E-state index in [0.29, 0.717) is 16.2 Å². The molecule has 3 heterocycles. The number of imide groups is 1. The summed E-state index contributed by atoms with van der Waals surface area (Å²) in [6.45, 7) is 2.07. The predicted octanol–water partition coefficient (Wildman–Crippen LogP) is 3.30. The van der Waals surface area contributed by atoms with Gasteiger partial charge in [0.2, 0.25) is 0 Å². The molecule has 1 aliphatic rings. The molecule has 22 heavy (non-hydrogen) atoms. The SMILES string of the molecule is CCCC#Cc1cncc2cc(/C=C3/SC(=O)NC3=O)oc12. The number of aromatic nitrogens is 1. The summed E-state index contributed by atoms with van der Waals surface area (Å²) in [6.07, 6.45) is 6.69. The van der Waals surface area contributed by atoms with Crippen LogP contribution in [0.4, 0.5) is 4.79 Å². The average Bonchev–Trinajstić information content (AvgIpc) is 3.03. The highest BCUT2D eigenvalue weighted by Crippen LogP contribution is 2.28. The van der Waals surface area contributed by atoms with E-state index in [1.807, 2.05) is 0 Å². The number of pyridine rings is 1. The van der Waals surface area contributed by atoms with E-state index in [2.05, 4.69) is 29.1 Å². The van der Waals surface area contributed by atoms with Crippen molar-refractivity contribution >= 4 is 40.0 Å². The number of unbranched alkanes of at least 4 members (excludes halogenated alkanes) is 1. The van der Waals surface area contributed by atoms with Crippen molar-refractivity contribution < 1.29 is 14.0 Å². The molecule has 0 spiro atoms. The summed E-state index contributed by atoms with van der Waals surface area (Å²) >= 11 is 0.857. The number of thioether (sulfide) groups is 1. The van der Waals surface area contributed by atoms with Gasteiger partial charge in [-0.2, -0.15) is 0 Å². The normalized spacial score (nSPS) is 16.0. The number of amides is 2. The number of carbonyl (C=O) groups is 2. The molecule has 3 rings (SSSR count). The molecule has 2 aromatic heterocycles. The van der Waals surface area contributed by atoms with Crippen LogP contribution in [0.3, 0.4) is 0 Å². The van der Waals surface area contributed by atoms with E-state index in [0.717, 1.165) is 35.6 Å². The Balaban J connectivity index is 1.99. The molecule has 1 N–H and O–H groups in total. The van der Waals surface area contributed by atoms with Crippen LogP contribution in [0.1, 0.15) is 31.1 Å². The van der Waals surface area contributed by atoms with Crippen molar-refractivity contribution in [3.05, 3.63) is 34.7 Å². The molecule has 0 aliphatic carbocycles. The molecule has 0 atom stereocenters. The molecule has 6 heteroatoms. The van der Waals surface area contributed by atoms with Gasteiger partial charge < -0.3 is 4.42 Å². The zero-order valence-electron chi connectivity index (χ0n) is 11.8. The summed E-state index contributed by atoms with van der Waals surface area (Å²) in [5.41, 5.74) is 1.36. The summed E-state index contributed by atoms with van der Waals surface area (Å²) in [4.78, 5) is 27.2. The molecule has 2 aromatic rings. The highest BCUT2D eigenvalue weighted by molar-refractivity contribution is 8.18. The van der Waals surface area contributed by atoms with E-state index in [1.165, 1.54) is 0 Å². The molecular weight excluding hydrogens is 300 g/mol. The van der Waals surface area contributed by atoms with Gasteiger partial charge in [0.1, 0.15) is 5.76 Å². The van der Waals surface area contributed by atoms with Crippen LogP contribution in [-0.4, -0.2) is 16.1 Å². The minimum absolute atomic E-state index is 0.315. The quantitative estimate of drug-likeness (QED) is 0.680. The Kier molecular flexibility index (Phi) is 3.98. The Morgan fingerprint density at radius 2 is 2.27 bits per heavy atom. The van der Waals surface area contributed by atoms with Crippen molar-refractivity contribution in [1.29, 1.82) is 0 Å². The Morgan fingerprint density at radius 1 is 1.41 bits per heavy atom. The summed E-state index contributed by atoms with van der Waals surface area (Å²) < 4.78 is 5.75. The number of nitrogens with zero attached hydrogens (tertiary/aromatic N) is 1. The Labute approximate surface area is 131 Å². The van der Waals surface area contributed by atoms with Crippen LogP contribution >= 0.6 is 11.8 Å². The first-order valence-corrected chi connectivity index (χ1v) is 7.60. The third-order valence-corrected chi connectivity index (χ3v) is 3.77. The molecular formula is C16H12N2O3S. The highest BCUT2D eigenvalue weighted by atomic mass is 32.2. The number of fused-ring (bicyclic) bond motifs is 1. The lowest BCUT2D eigenvalue weighted by atomic mass is 10.2. The van der Waals surface area contributed by atoms with E-state index in [-0.39, 0.29) is 5.24 Å². The largest absolute Gasteiger partial charge is 0.455 e. The maximum Gasteiger partial charge on any atom is 0.290 e. The van der Waals surface area contributed by atoms with Gasteiger partial charge in [0, 0.05) is 30.3 Å². The molecule has 0 bridgehead atoms. The third-order valence-electron chi connectivity index (χ3n) is 2.96. The van der Waals surface area contributed by atoms with Crippen LogP contribution in [0.2, 0.25) is 0 Å². The van der Waals surface area contributed by atoms with Crippen LogP contribution in [0, 0.1) is 11.8 Å². The van der Waals surface area contributed by atoms with Gasteiger partial charge in [0.05, 0.1) is 10.5 Å². The second kappa shape index (κ2) is 6.08. The maximum absolute atomic E-state index is 11.5. The van der Waals surface area contributed by atoms with Crippen LogP contribution in [0.5, 0.6) is 0 Å². The van der Waals surface area contributed by atoms with Gasteiger partial charge in [0.25, 0.3) is 11.1 Å². The van der Waals surface area contributed by atoms with Crippen molar-refractivity contribution in [2.24, 2.45) is 0 Å². The van der Waals surface area contributed by atoms with E-state index < -0.39 is 5.91 Å². The molecule has 1 saturated heterocycles. The summed E-state index contributed by atoms with van der Waals surface area (Å²) in [6, 6.07) is 1.77. The summed E-state index contributed by atoms with van der Waals surface area (Å²) in [5.74, 6) is 6.19. The molecule has 0 saturated carbocycles. The monoisotopic (exact) mass is 312 g/mol. The van der Waals surface area contributed by atoms with Gasteiger partial charge in [-0.05, 0) is 24.2 Å². The predicted molar refractivity (Wildman–Crippen MR) is 84.9 cm³/mol. The summed E-state index contributed by atoms with van der Waals surface area (Å²) in [5, 5.41) is 2.64. The van der Waals surface area contributed by atoms with Gasteiger partial charge in [-0.25, -0.2) is 0 Å². The molecule has 5 nitrogen and oxygen atoms in total. The van der Waals surface area contributed by atoms with Gasteiger partial charge in [-0.1, -0.05) is 18.8 Å². The van der Waals surface area contributed by atoms with Crippen LogP contribution in [0.15, 0.2) is 27.8 Å². The first-order chi connectivity index (χ1) is 10.7. The first-order valence-electron chi connectivity index (χ1n) is 6.78. The van der Waals surface area contributed by atoms with Crippen molar-refractivity contribution in [2.45, 2.75) is 19.8 Å². The second-order valence-electron chi connectivity index (χ2n) is 4.66. The van der Waals surface area contributed by atoms with Crippen molar-refractivity contribution in [3.8, 4) is 11.8 Å². The number of hydrogen-bond donors (Lipinski definition) is 1. The number of carbonyl (C=O) groups excluding carboxylic acids is 2. The van der Waals surface area contributed by atoms with Crippen molar-refractivity contribution in [1.82, 2.24) is 10.3 Å². The minimum atomic E-state index is -0.406. The molecule has 0 unspecified atom stereocenters.